The van der Waals surface area contributed by atoms with Crippen LogP contribution < -0.4 is 0 Å². The maximum Gasteiger partial charge on any atom is 0.167 e. The lowest BCUT2D eigenvalue weighted by atomic mass is 10.0. The molecule has 3 aromatic carbocycles. The lowest BCUT2D eigenvalue weighted by molar-refractivity contribution is 0.0963. The van der Waals surface area contributed by atoms with Gasteiger partial charge in [0.15, 0.2) is 5.78 Å². The molecule has 0 heterocycles. The van der Waals surface area contributed by atoms with Gasteiger partial charge in [-0.05, 0) is 23.3 Å². The van der Waals surface area contributed by atoms with Crippen molar-refractivity contribution in [2.24, 2.45) is 5.92 Å². The molecular weight excluding hydrogens is 360 g/mol. The first-order valence-electron chi connectivity index (χ1n) is 8.15. The molecule has 2 atom stereocenters. The Bertz CT molecular complexity index is 795. The summed E-state index contributed by atoms with van der Waals surface area (Å²) in [5, 5.41) is 0. The van der Waals surface area contributed by atoms with Crippen molar-refractivity contribution in [1.82, 2.24) is 0 Å². The Labute approximate surface area is 150 Å². The summed E-state index contributed by atoms with van der Waals surface area (Å²) in [4.78, 5) is 13.1. The highest BCUT2D eigenvalue weighted by Crippen LogP contribution is 2.61. The van der Waals surface area contributed by atoms with E-state index in [9.17, 15) is 4.79 Å². The predicted molar refractivity (Wildman–Crippen MR) is 100 cm³/mol. The number of carbonyl (C=O) groups is 1. The van der Waals surface area contributed by atoms with Crippen LogP contribution >= 0.6 is 15.9 Å². The standard InChI is InChI=1S/C22H17BrO/c23-18-13-11-17(12-14-18)22(24)21-19(15-7-3-1-4-8-15)20(21)16-9-5-2-6-10-16/h1-14,19-21H/t19-,20-/m1/s1. The smallest absolute Gasteiger partial charge is 0.167 e. The average molecular weight is 377 g/mol. The van der Waals surface area contributed by atoms with Crippen LogP contribution in [0, 0.1) is 5.92 Å². The Balaban J connectivity index is 1.69. The first-order valence-corrected chi connectivity index (χ1v) is 8.94. The van der Waals surface area contributed by atoms with E-state index in [1.807, 2.05) is 36.4 Å². The van der Waals surface area contributed by atoms with Gasteiger partial charge in [0.05, 0.1) is 0 Å². The Morgan fingerprint density at radius 1 is 0.667 bits per heavy atom. The fourth-order valence-electron chi connectivity index (χ4n) is 3.62. The number of benzene rings is 3. The molecule has 0 spiro atoms. The van der Waals surface area contributed by atoms with Crippen molar-refractivity contribution in [3.63, 3.8) is 0 Å². The minimum Gasteiger partial charge on any atom is -0.294 e. The van der Waals surface area contributed by atoms with Crippen molar-refractivity contribution < 1.29 is 4.79 Å². The van der Waals surface area contributed by atoms with Crippen molar-refractivity contribution in [2.75, 3.05) is 0 Å². The fraction of sp³-hybridized carbons (Fsp3) is 0.136. The van der Waals surface area contributed by atoms with Crippen LogP contribution in [-0.4, -0.2) is 5.78 Å². The molecule has 0 bridgehead atoms. The Morgan fingerprint density at radius 2 is 1.12 bits per heavy atom. The van der Waals surface area contributed by atoms with Crippen molar-refractivity contribution in [2.45, 2.75) is 11.8 Å². The van der Waals surface area contributed by atoms with E-state index in [0.717, 1.165) is 10.0 Å². The van der Waals surface area contributed by atoms with Gasteiger partial charge in [-0.2, -0.15) is 0 Å². The topological polar surface area (TPSA) is 17.1 Å². The summed E-state index contributed by atoms with van der Waals surface area (Å²) in [6, 6.07) is 28.5. The van der Waals surface area contributed by atoms with E-state index in [0.29, 0.717) is 0 Å². The zero-order valence-electron chi connectivity index (χ0n) is 13.1. The summed E-state index contributed by atoms with van der Waals surface area (Å²) < 4.78 is 0.995. The molecule has 118 valence electrons. The molecule has 1 nitrogen and oxygen atoms in total. The minimum atomic E-state index is 0.0241. The van der Waals surface area contributed by atoms with Crippen LogP contribution in [0.1, 0.15) is 33.3 Å². The van der Waals surface area contributed by atoms with Crippen LogP contribution in [0.4, 0.5) is 0 Å². The van der Waals surface area contributed by atoms with Gasteiger partial charge in [-0.1, -0.05) is 88.7 Å². The van der Waals surface area contributed by atoms with Crippen LogP contribution in [0.5, 0.6) is 0 Å². The summed E-state index contributed by atoms with van der Waals surface area (Å²) in [5.74, 6) is 0.802. The van der Waals surface area contributed by atoms with Crippen LogP contribution in [0.2, 0.25) is 0 Å². The molecule has 24 heavy (non-hydrogen) atoms. The van der Waals surface area contributed by atoms with Gasteiger partial charge in [0.2, 0.25) is 0 Å². The summed E-state index contributed by atoms with van der Waals surface area (Å²) >= 11 is 3.43. The average Bonchev–Trinajstić information content (AvgIpc) is 3.39. The number of hydrogen-bond acceptors (Lipinski definition) is 1. The summed E-state index contributed by atoms with van der Waals surface area (Å²) in [6.07, 6.45) is 0. The maximum absolute atomic E-state index is 13.1. The number of rotatable bonds is 4. The van der Waals surface area contributed by atoms with Gasteiger partial charge < -0.3 is 0 Å². The fourth-order valence-corrected chi connectivity index (χ4v) is 3.89. The van der Waals surface area contributed by atoms with Gasteiger partial charge in [-0.25, -0.2) is 0 Å². The largest absolute Gasteiger partial charge is 0.294 e. The van der Waals surface area contributed by atoms with E-state index in [-0.39, 0.29) is 23.5 Å². The lowest BCUT2D eigenvalue weighted by Gasteiger charge is -2.01. The second-order valence-corrected chi connectivity index (χ2v) is 7.19. The normalized spacial score (nSPS) is 22.1. The SMILES string of the molecule is O=C(c1ccc(Br)cc1)C1[C@H](c2ccccc2)[C@H]1c1ccccc1. The molecule has 1 saturated carbocycles. The van der Waals surface area contributed by atoms with E-state index >= 15 is 0 Å². The van der Waals surface area contributed by atoms with Crippen molar-refractivity contribution in [1.29, 1.82) is 0 Å². The second-order valence-electron chi connectivity index (χ2n) is 6.27. The first kappa shape index (κ1) is 15.3. The Kier molecular flexibility index (Phi) is 4.07. The van der Waals surface area contributed by atoms with E-state index in [1.165, 1.54) is 11.1 Å². The van der Waals surface area contributed by atoms with Gasteiger partial charge >= 0.3 is 0 Å². The Hall–Kier alpha value is -2.19. The highest BCUT2D eigenvalue weighted by Gasteiger charge is 2.55. The molecule has 0 saturated heterocycles. The van der Waals surface area contributed by atoms with Gasteiger partial charge in [-0.15, -0.1) is 0 Å². The van der Waals surface area contributed by atoms with Crippen molar-refractivity contribution in [3.8, 4) is 0 Å². The third-order valence-electron chi connectivity index (χ3n) is 4.82. The molecule has 0 unspecified atom stereocenters. The third kappa shape index (κ3) is 2.83. The highest BCUT2D eigenvalue weighted by molar-refractivity contribution is 9.10. The Morgan fingerprint density at radius 3 is 1.58 bits per heavy atom. The van der Waals surface area contributed by atoms with E-state index in [1.54, 1.807) is 0 Å². The predicted octanol–water partition coefficient (Wildman–Crippen LogP) is 5.83. The molecule has 0 aromatic heterocycles. The maximum atomic E-state index is 13.1. The second kappa shape index (κ2) is 6.37. The molecule has 4 rings (SSSR count). The number of hydrogen-bond donors (Lipinski definition) is 0. The quantitative estimate of drug-likeness (QED) is 0.523. The van der Waals surface area contributed by atoms with Crippen LogP contribution in [0.25, 0.3) is 0 Å². The van der Waals surface area contributed by atoms with Crippen molar-refractivity contribution >= 4 is 21.7 Å². The summed E-state index contributed by atoms with van der Waals surface area (Å²) in [7, 11) is 0. The third-order valence-corrected chi connectivity index (χ3v) is 5.35. The number of Topliss-reactive ketones (excluding diaryl/α,β-unsaturated/α-hetero) is 1. The van der Waals surface area contributed by atoms with E-state index in [2.05, 4.69) is 64.5 Å². The minimum absolute atomic E-state index is 0.0241. The highest BCUT2D eigenvalue weighted by atomic mass is 79.9. The van der Waals surface area contributed by atoms with E-state index < -0.39 is 0 Å². The molecule has 2 heteroatoms. The molecule has 1 aliphatic carbocycles. The number of ketones is 1. The van der Waals surface area contributed by atoms with Gasteiger partial charge in [0, 0.05) is 27.8 Å². The molecule has 0 amide bonds. The molecule has 1 fully saturated rings. The molecule has 3 aromatic rings. The summed E-state index contributed by atoms with van der Waals surface area (Å²) in [5.41, 5.74) is 3.30. The van der Waals surface area contributed by atoms with Gasteiger partial charge in [0.1, 0.15) is 0 Å². The zero-order chi connectivity index (χ0) is 16.5. The molecular formula is C22H17BrO. The van der Waals surface area contributed by atoms with Crippen LogP contribution in [-0.2, 0) is 0 Å². The van der Waals surface area contributed by atoms with Gasteiger partial charge in [-0.3, -0.25) is 4.79 Å². The van der Waals surface area contributed by atoms with Crippen LogP contribution in [0.15, 0.2) is 89.4 Å². The summed E-state index contributed by atoms with van der Waals surface area (Å²) in [6.45, 7) is 0. The number of halogens is 1. The molecule has 0 radical (unpaired) electrons. The first-order chi connectivity index (χ1) is 11.8. The monoisotopic (exact) mass is 376 g/mol. The van der Waals surface area contributed by atoms with E-state index in [4.69, 9.17) is 0 Å². The molecule has 0 aliphatic heterocycles. The zero-order valence-corrected chi connectivity index (χ0v) is 14.7. The van der Waals surface area contributed by atoms with Crippen molar-refractivity contribution in [3.05, 3.63) is 106 Å². The lowest BCUT2D eigenvalue weighted by Crippen LogP contribution is -2.04. The molecule has 1 aliphatic rings. The van der Waals surface area contributed by atoms with Gasteiger partial charge in [0.25, 0.3) is 0 Å². The number of carbonyl (C=O) groups excluding carboxylic acids is 1. The van der Waals surface area contributed by atoms with Crippen LogP contribution in [0.3, 0.4) is 0 Å². The molecule has 0 N–H and O–H groups in total.